The summed E-state index contributed by atoms with van der Waals surface area (Å²) in [6.45, 7) is -0.570. The molecule has 2 amide bonds. The van der Waals surface area contributed by atoms with E-state index in [1.807, 2.05) is 0 Å². The van der Waals surface area contributed by atoms with Crippen LogP contribution < -0.4 is 5.73 Å². The molecule has 2 aromatic carbocycles. The van der Waals surface area contributed by atoms with Crippen molar-refractivity contribution >= 4 is 48.5 Å². The number of benzene rings is 2. The topological polar surface area (TPSA) is 192 Å². The fraction of sp³-hybridized carbons (Fsp3) is 0.200. The van der Waals surface area contributed by atoms with Gasteiger partial charge in [0.25, 0.3) is 32.1 Å². The number of nitrogen functional groups attached to an aromatic ring is 1. The van der Waals surface area contributed by atoms with Crippen molar-refractivity contribution in [2.24, 2.45) is 0 Å². The molecular weight excluding hydrogens is 416 g/mol. The van der Waals surface area contributed by atoms with Crippen molar-refractivity contribution in [3.8, 4) is 0 Å². The van der Waals surface area contributed by atoms with Gasteiger partial charge in [-0.05, 0) is 24.6 Å². The first kappa shape index (κ1) is 20.2. The van der Waals surface area contributed by atoms with Gasteiger partial charge in [-0.1, -0.05) is 0 Å². The standard InChI is InChI=1S/C15H14N2O9S2/c16-13-8-4-7(27(21,22)23)5-9-12(8)10(6-11(13)28(24,25)26)15(20)17(14(9)19)2-1-3-18/h4-6,18H,1-3,16H2,(H,21,22,23)(H,24,25,26). The Morgan fingerprint density at radius 2 is 1.50 bits per heavy atom. The SMILES string of the molecule is Nc1c(S(=O)(=O)O)cc2c3c(cc(S(=O)(=O)O)cc13)C(=O)N(CCCO)C2=O. The fourth-order valence-corrected chi connectivity index (χ4v) is 4.23. The number of aliphatic hydroxyl groups is 1. The number of rotatable bonds is 5. The number of hydrogen-bond donors (Lipinski definition) is 4. The Kier molecular flexibility index (Phi) is 4.68. The summed E-state index contributed by atoms with van der Waals surface area (Å²) in [6.07, 6.45) is 0.0219. The molecule has 11 nitrogen and oxygen atoms in total. The van der Waals surface area contributed by atoms with E-state index >= 15 is 0 Å². The first-order valence-corrected chi connectivity index (χ1v) is 10.6. The molecule has 0 unspecified atom stereocenters. The van der Waals surface area contributed by atoms with Crippen LogP contribution in [0.25, 0.3) is 10.8 Å². The molecule has 0 bridgehead atoms. The molecule has 1 heterocycles. The molecule has 0 radical (unpaired) electrons. The van der Waals surface area contributed by atoms with Gasteiger partial charge >= 0.3 is 0 Å². The molecule has 0 saturated heterocycles. The summed E-state index contributed by atoms with van der Waals surface area (Å²) in [4.78, 5) is 24.6. The van der Waals surface area contributed by atoms with Gasteiger partial charge in [0.2, 0.25) is 0 Å². The van der Waals surface area contributed by atoms with Gasteiger partial charge in [0.15, 0.2) is 0 Å². The molecular formula is C15H14N2O9S2. The molecule has 3 rings (SSSR count). The zero-order valence-corrected chi connectivity index (χ0v) is 15.6. The Labute approximate surface area is 158 Å². The summed E-state index contributed by atoms with van der Waals surface area (Å²) in [6, 6.07) is 2.45. The minimum atomic E-state index is -4.90. The predicted octanol–water partition coefficient (Wildman–Crippen LogP) is -0.106. The Morgan fingerprint density at radius 3 is 2.00 bits per heavy atom. The van der Waals surface area contributed by atoms with Crippen LogP contribution in [0, 0.1) is 0 Å². The van der Waals surface area contributed by atoms with Gasteiger partial charge in [0.05, 0.1) is 21.7 Å². The number of nitrogens with two attached hydrogens (primary N) is 1. The summed E-state index contributed by atoms with van der Waals surface area (Å²) >= 11 is 0. The average molecular weight is 430 g/mol. The molecule has 0 fully saturated rings. The molecule has 13 heteroatoms. The molecule has 2 aromatic rings. The average Bonchev–Trinajstić information content (AvgIpc) is 2.58. The van der Waals surface area contributed by atoms with Gasteiger partial charge in [-0.2, -0.15) is 16.8 Å². The van der Waals surface area contributed by atoms with Gasteiger partial charge in [-0.25, -0.2) is 0 Å². The number of imide groups is 1. The molecule has 150 valence electrons. The predicted molar refractivity (Wildman–Crippen MR) is 95.1 cm³/mol. The third-order valence-electron chi connectivity index (χ3n) is 4.28. The molecule has 0 saturated carbocycles. The quantitative estimate of drug-likeness (QED) is 0.282. The summed E-state index contributed by atoms with van der Waals surface area (Å²) in [5, 5.41) is 8.55. The van der Waals surface area contributed by atoms with E-state index in [1.54, 1.807) is 0 Å². The van der Waals surface area contributed by atoms with Crippen LogP contribution in [0.4, 0.5) is 5.69 Å². The summed E-state index contributed by atoms with van der Waals surface area (Å²) < 4.78 is 65.3. The maximum absolute atomic E-state index is 12.7. The number of carbonyl (C=O) groups is 2. The Bertz CT molecular complexity index is 1230. The Morgan fingerprint density at radius 1 is 0.929 bits per heavy atom. The van der Waals surface area contributed by atoms with Crippen LogP contribution in [0.2, 0.25) is 0 Å². The summed E-state index contributed by atoms with van der Waals surface area (Å²) in [7, 11) is -9.71. The van der Waals surface area contributed by atoms with Gasteiger partial charge in [-0.15, -0.1) is 0 Å². The monoisotopic (exact) mass is 430 g/mol. The molecule has 0 aliphatic carbocycles. The third kappa shape index (κ3) is 3.12. The smallest absolute Gasteiger partial charge is 0.296 e. The van der Waals surface area contributed by atoms with Crippen molar-refractivity contribution in [1.29, 1.82) is 0 Å². The number of aliphatic hydroxyl groups excluding tert-OH is 1. The zero-order chi connectivity index (χ0) is 21.0. The van der Waals surface area contributed by atoms with Crippen molar-refractivity contribution < 1.29 is 40.6 Å². The molecule has 0 atom stereocenters. The van der Waals surface area contributed by atoms with Gasteiger partial charge < -0.3 is 10.8 Å². The van der Waals surface area contributed by atoms with E-state index in [2.05, 4.69) is 0 Å². The maximum atomic E-state index is 12.7. The molecule has 5 N–H and O–H groups in total. The lowest BCUT2D eigenvalue weighted by Crippen LogP contribution is -2.41. The second kappa shape index (κ2) is 6.49. The molecule has 0 spiro atoms. The highest BCUT2D eigenvalue weighted by atomic mass is 32.2. The zero-order valence-electron chi connectivity index (χ0n) is 14.0. The second-order valence-electron chi connectivity index (χ2n) is 6.02. The van der Waals surface area contributed by atoms with Crippen LogP contribution in [0.5, 0.6) is 0 Å². The highest BCUT2D eigenvalue weighted by molar-refractivity contribution is 7.86. The van der Waals surface area contributed by atoms with Crippen molar-refractivity contribution in [2.75, 3.05) is 18.9 Å². The number of carbonyl (C=O) groups excluding carboxylic acids is 2. The minimum absolute atomic E-state index is 0.0219. The van der Waals surface area contributed by atoms with Gasteiger partial charge in [-0.3, -0.25) is 23.6 Å². The van der Waals surface area contributed by atoms with Gasteiger partial charge in [0, 0.05) is 23.9 Å². The number of amides is 2. The van der Waals surface area contributed by atoms with E-state index in [4.69, 9.17) is 10.8 Å². The lowest BCUT2D eigenvalue weighted by atomic mass is 9.93. The Hall–Kier alpha value is -2.58. The van der Waals surface area contributed by atoms with Crippen LogP contribution in [0.15, 0.2) is 28.0 Å². The van der Waals surface area contributed by atoms with E-state index in [1.165, 1.54) is 0 Å². The summed E-state index contributed by atoms with van der Waals surface area (Å²) in [5.41, 5.74) is 4.57. The lowest BCUT2D eigenvalue weighted by molar-refractivity contribution is 0.0601. The van der Waals surface area contributed by atoms with E-state index in [9.17, 15) is 35.5 Å². The first-order chi connectivity index (χ1) is 12.9. The number of nitrogens with zero attached hydrogens (tertiary/aromatic N) is 1. The molecule has 1 aliphatic heterocycles. The van der Waals surface area contributed by atoms with E-state index in [-0.39, 0.29) is 41.5 Å². The van der Waals surface area contributed by atoms with Crippen molar-refractivity contribution in [2.45, 2.75) is 16.2 Å². The van der Waals surface area contributed by atoms with Crippen molar-refractivity contribution in [3.05, 3.63) is 29.3 Å². The highest BCUT2D eigenvalue weighted by Gasteiger charge is 2.36. The largest absolute Gasteiger partial charge is 0.397 e. The van der Waals surface area contributed by atoms with Crippen molar-refractivity contribution in [1.82, 2.24) is 4.90 Å². The number of hydrogen-bond acceptors (Lipinski definition) is 8. The van der Waals surface area contributed by atoms with E-state index in [0.717, 1.165) is 18.2 Å². The van der Waals surface area contributed by atoms with Crippen LogP contribution in [0.3, 0.4) is 0 Å². The van der Waals surface area contributed by atoms with Crippen LogP contribution >= 0.6 is 0 Å². The molecule has 28 heavy (non-hydrogen) atoms. The van der Waals surface area contributed by atoms with Crippen LogP contribution in [-0.2, 0) is 20.2 Å². The normalized spacial score (nSPS) is 14.8. The molecule has 0 aromatic heterocycles. The molecule has 1 aliphatic rings. The van der Waals surface area contributed by atoms with Crippen molar-refractivity contribution in [3.63, 3.8) is 0 Å². The summed E-state index contributed by atoms with van der Waals surface area (Å²) in [5.74, 6) is -1.80. The van der Waals surface area contributed by atoms with E-state index in [0.29, 0.717) is 4.90 Å². The first-order valence-electron chi connectivity index (χ1n) is 7.70. The van der Waals surface area contributed by atoms with Gasteiger partial charge in [0.1, 0.15) is 4.90 Å². The fourth-order valence-electron chi connectivity index (χ4n) is 3.05. The Balaban J connectivity index is 2.49. The van der Waals surface area contributed by atoms with Crippen LogP contribution in [0.1, 0.15) is 27.1 Å². The maximum Gasteiger partial charge on any atom is 0.296 e. The van der Waals surface area contributed by atoms with Crippen LogP contribution in [-0.4, -0.2) is 60.9 Å². The third-order valence-corrected chi connectivity index (χ3v) is 6.00. The number of anilines is 1. The van der Waals surface area contributed by atoms with E-state index < -0.39 is 47.5 Å². The second-order valence-corrected chi connectivity index (χ2v) is 8.83. The lowest BCUT2D eigenvalue weighted by Gasteiger charge is -2.28. The minimum Gasteiger partial charge on any atom is -0.397 e. The highest BCUT2D eigenvalue weighted by Crippen LogP contribution is 2.38.